The van der Waals surface area contributed by atoms with E-state index in [2.05, 4.69) is 54.7 Å². The van der Waals surface area contributed by atoms with Crippen LogP contribution in [-0.4, -0.2) is 21.7 Å². The van der Waals surface area contributed by atoms with Crippen molar-refractivity contribution in [2.45, 2.75) is 58.4 Å². The number of aromatic nitrogens is 2. The molecule has 214 valence electrons. The van der Waals surface area contributed by atoms with E-state index in [1.165, 1.54) is 18.4 Å². The maximum absolute atomic E-state index is 13.6. The molecule has 0 bridgehead atoms. The number of hydrogen-bond acceptors (Lipinski definition) is 4. The zero-order chi connectivity index (χ0) is 29.3. The lowest BCUT2D eigenvalue weighted by Crippen LogP contribution is -2.33. The summed E-state index contributed by atoms with van der Waals surface area (Å²) < 4.78 is 41.9. The van der Waals surface area contributed by atoms with Gasteiger partial charge in [-0.1, -0.05) is 48.0 Å². The normalized spacial score (nSPS) is 15.0. The lowest BCUT2D eigenvalue weighted by atomic mass is 9.92. The molecule has 0 radical (unpaired) electrons. The fraction of sp³-hybridized carbons (Fsp3) is 0.312. The highest BCUT2D eigenvalue weighted by molar-refractivity contribution is 6.03. The summed E-state index contributed by atoms with van der Waals surface area (Å²) in [5, 5.41) is 10.3. The number of halogens is 3. The molecule has 1 amide bonds. The molecule has 6 nitrogen and oxygen atoms in total. The number of nitrogens with zero attached hydrogens (tertiary/aromatic N) is 2. The van der Waals surface area contributed by atoms with Gasteiger partial charge < -0.3 is 16.4 Å². The number of carbonyl (C=O) groups is 1. The summed E-state index contributed by atoms with van der Waals surface area (Å²) in [6.07, 6.45) is -2.31. The van der Waals surface area contributed by atoms with Crippen molar-refractivity contribution >= 4 is 11.6 Å². The lowest BCUT2D eigenvalue weighted by molar-refractivity contribution is -0.141. The quantitative estimate of drug-likeness (QED) is 0.212. The van der Waals surface area contributed by atoms with Crippen LogP contribution in [0, 0.1) is 19.8 Å². The van der Waals surface area contributed by atoms with E-state index in [-0.39, 0.29) is 18.3 Å². The Labute approximate surface area is 237 Å². The first-order valence-electron chi connectivity index (χ1n) is 13.7. The van der Waals surface area contributed by atoms with Gasteiger partial charge in [-0.25, -0.2) is 4.68 Å². The minimum Gasteiger partial charge on any atom is -0.326 e. The maximum Gasteiger partial charge on any atom is 0.435 e. The Balaban J connectivity index is 1.48. The molecule has 41 heavy (non-hydrogen) atoms. The molecule has 4 N–H and O–H groups in total. The molecule has 3 aromatic carbocycles. The molecule has 0 saturated heterocycles. The van der Waals surface area contributed by atoms with E-state index < -0.39 is 17.8 Å². The zero-order valence-electron chi connectivity index (χ0n) is 23.3. The molecular formula is C32H34F3N5O. The number of benzene rings is 3. The minimum atomic E-state index is -4.71. The van der Waals surface area contributed by atoms with Crippen molar-refractivity contribution in [1.29, 1.82) is 0 Å². The number of anilines is 1. The third-order valence-corrected chi connectivity index (χ3v) is 7.60. The van der Waals surface area contributed by atoms with Crippen molar-refractivity contribution in [3.8, 4) is 5.69 Å². The van der Waals surface area contributed by atoms with Gasteiger partial charge in [0, 0.05) is 24.3 Å². The van der Waals surface area contributed by atoms with Crippen molar-refractivity contribution < 1.29 is 18.0 Å². The summed E-state index contributed by atoms with van der Waals surface area (Å²) in [6, 6.07) is 21.4. The number of alkyl halides is 3. The molecule has 4 aromatic rings. The minimum absolute atomic E-state index is 0.121. The second kappa shape index (κ2) is 11.5. The average molecular weight is 562 g/mol. The Morgan fingerprint density at radius 3 is 2.49 bits per heavy atom. The van der Waals surface area contributed by atoms with Gasteiger partial charge in [0.1, 0.15) is 5.69 Å². The zero-order valence-corrected chi connectivity index (χ0v) is 23.3. The number of nitrogens with two attached hydrogens (primary N) is 1. The van der Waals surface area contributed by atoms with Crippen molar-refractivity contribution in [2.75, 3.05) is 5.32 Å². The molecule has 1 aliphatic carbocycles. The summed E-state index contributed by atoms with van der Waals surface area (Å²) in [5.41, 5.74) is 10.2. The van der Waals surface area contributed by atoms with E-state index in [1.807, 2.05) is 18.2 Å². The third-order valence-electron chi connectivity index (χ3n) is 7.60. The summed E-state index contributed by atoms with van der Waals surface area (Å²) >= 11 is 0. The first kappa shape index (κ1) is 28.6. The van der Waals surface area contributed by atoms with Crippen LogP contribution in [0.3, 0.4) is 0 Å². The standard InChI is InChI=1S/C32H34F3N5O/c1-19-10-13-27(20(2)14-19)30(37-21(3)23-11-12-23)24-7-5-8-25(16-24)38-31(41)28-17-29(32(33,34)35)39-40(28)26-9-4-6-22(15-26)18-36/h4-10,13-17,21,23,30,37H,11-12,18,36H2,1-3H3,(H,38,41). The number of aryl methyl sites for hydroxylation is 2. The highest BCUT2D eigenvalue weighted by Gasteiger charge is 2.36. The van der Waals surface area contributed by atoms with Gasteiger partial charge in [0.05, 0.1) is 11.7 Å². The molecule has 5 rings (SSSR count). The molecule has 0 spiro atoms. The smallest absolute Gasteiger partial charge is 0.326 e. The molecule has 1 aliphatic rings. The molecule has 2 atom stereocenters. The van der Waals surface area contributed by atoms with E-state index in [0.717, 1.165) is 27.4 Å². The van der Waals surface area contributed by atoms with E-state index >= 15 is 0 Å². The van der Waals surface area contributed by atoms with Crippen molar-refractivity contribution in [3.63, 3.8) is 0 Å². The number of rotatable bonds is 9. The first-order chi connectivity index (χ1) is 19.5. The number of amides is 1. The van der Waals surface area contributed by atoms with E-state index in [1.54, 1.807) is 30.3 Å². The van der Waals surface area contributed by atoms with Gasteiger partial charge in [-0.3, -0.25) is 4.79 Å². The average Bonchev–Trinajstić information content (AvgIpc) is 3.69. The molecule has 0 aliphatic heterocycles. The first-order valence-corrected chi connectivity index (χ1v) is 13.7. The van der Waals surface area contributed by atoms with Crippen LogP contribution in [0.25, 0.3) is 5.69 Å². The van der Waals surface area contributed by atoms with Crippen molar-refractivity contribution in [2.24, 2.45) is 11.7 Å². The fourth-order valence-corrected chi connectivity index (χ4v) is 5.19. The van der Waals surface area contributed by atoms with Gasteiger partial charge in [0.2, 0.25) is 0 Å². The van der Waals surface area contributed by atoms with Gasteiger partial charge in [-0.2, -0.15) is 18.3 Å². The highest BCUT2D eigenvalue weighted by atomic mass is 19.4. The monoisotopic (exact) mass is 561 g/mol. The second-order valence-electron chi connectivity index (χ2n) is 10.9. The van der Waals surface area contributed by atoms with Crippen LogP contribution in [0.15, 0.2) is 72.8 Å². The van der Waals surface area contributed by atoms with Gasteiger partial charge in [-0.05, 0) is 86.1 Å². The number of carbonyl (C=O) groups excluding carboxylic acids is 1. The molecule has 1 aromatic heterocycles. The van der Waals surface area contributed by atoms with Crippen LogP contribution >= 0.6 is 0 Å². The van der Waals surface area contributed by atoms with Crippen LogP contribution in [0.2, 0.25) is 0 Å². The topological polar surface area (TPSA) is 85.0 Å². The largest absolute Gasteiger partial charge is 0.435 e. The van der Waals surface area contributed by atoms with Crippen molar-refractivity contribution in [1.82, 2.24) is 15.1 Å². The molecule has 1 fully saturated rings. The molecule has 9 heteroatoms. The van der Waals surface area contributed by atoms with E-state index in [9.17, 15) is 18.0 Å². The maximum atomic E-state index is 13.6. The summed E-state index contributed by atoms with van der Waals surface area (Å²) in [6.45, 7) is 6.54. The van der Waals surface area contributed by atoms with Crippen LogP contribution in [0.5, 0.6) is 0 Å². The Morgan fingerprint density at radius 2 is 1.80 bits per heavy atom. The molecule has 1 heterocycles. The molecular weight excluding hydrogens is 527 g/mol. The summed E-state index contributed by atoms with van der Waals surface area (Å²) in [5.74, 6) is -0.0716. The van der Waals surface area contributed by atoms with Gasteiger partial charge >= 0.3 is 6.18 Å². The second-order valence-corrected chi connectivity index (χ2v) is 10.9. The molecule has 2 unspecified atom stereocenters. The van der Waals surface area contributed by atoms with Gasteiger partial charge in [0.15, 0.2) is 5.69 Å². The third kappa shape index (κ3) is 6.52. The predicted octanol–water partition coefficient (Wildman–Crippen LogP) is 6.70. The summed E-state index contributed by atoms with van der Waals surface area (Å²) in [4.78, 5) is 13.4. The number of hydrogen-bond donors (Lipinski definition) is 3. The Morgan fingerprint density at radius 1 is 1.05 bits per heavy atom. The van der Waals surface area contributed by atoms with Crippen LogP contribution < -0.4 is 16.4 Å². The highest BCUT2D eigenvalue weighted by Crippen LogP contribution is 2.36. The van der Waals surface area contributed by atoms with E-state index in [0.29, 0.717) is 28.9 Å². The van der Waals surface area contributed by atoms with E-state index in [4.69, 9.17) is 5.73 Å². The van der Waals surface area contributed by atoms with Gasteiger partial charge in [-0.15, -0.1) is 0 Å². The summed E-state index contributed by atoms with van der Waals surface area (Å²) in [7, 11) is 0. The number of nitrogens with one attached hydrogen (secondary N) is 2. The lowest BCUT2D eigenvalue weighted by Gasteiger charge is -2.26. The Bertz CT molecular complexity index is 1560. The molecule has 1 saturated carbocycles. The van der Waals surface area contributed by atoms with Crippen molar-refractivity contribution in [3.05, 3.63) is 112 Å². The fourth-order valence-electron chi connectivity index (χ4n) is 5.19. The predicted molar refractivity (Wildman–Crippen MR) is 154 cm³/mol. The van der Waals surface area contributed by atoms with Crippen LogP contribution in [0.4, 0.5) is 18.9 Å². The Kier molecular flexibility index (Phi) is 8.02. The van der Waals surface area contributed by atoms with Crippen LogP contribution in [-0.2, 0) is 12.7 Å². The Hall–Kier alpha value is -3.95. The van der Waals surface area contributed by atoms with Gasteiger partial charge in [0.25, 0.3) is 5.91 Å². The SMILES string of the molecule is Cc1ccc(C(NC(C)C2CC2)c2cccc(NC(=O)c3cc(C(F)(F)F)nn3-c3cccc(CN)c3)c2)c(C)c1. The van der Waals surface area contributed by atoms with Crippen LogP contribution in [0.1, 0.15) is 69.8 Å².